The molecule has 0 fully saturated rings. The lowest BCUT2D eigenvalue weighted by molar-refractivity contribution is -0.136. The lowest BCUT2D eigenvalue weighted by Crippen LogP contribution is -2.27. The smallest absolute Gasteiger partial charge is 0.337 e. The summed E-state index contributed by atoms with van der Waals surface area (Å²) in [5.41, 5.74) is 3.17. The first kappa shape index (κ1) is 15.3. The summed E-state index contributed by atoms with van der Waals surface area (Å²) in [4.78, 5) is 25.4. The van der Waals surface area contributed by atoms with Crippen LogP contribution in [0, 0.1) is 5.82 Å². The molecule has 0 unspecified atom stereocenters. The van der Waals surface area contributed by atoms with Crippen LogP contribution in [-0.4, -0.2) is 25.2 Å². The zero-order valence-electron chi connectivity index (χ0n) is 13.4. The summed E-state index contributed by atoms with van der Waals surface area (Å²) < 4.78 is 24.7. The van der Waals surface area contributed by atoms with Crippen LogP contribution < -0.4 is 5.32 Å². The van der Waals surface area contributed by atoms with Crippen molar-refractivity contribution in [3.63, 3.8) is 0 Å². The highest BCUT2D eigenvalue weighted by Gasteiger charge is 2.45. The van der Waals surface area contributed by atoms with Gasteiger partial charge in [0.1, 0.15) is 19.0 Å². The van der Waals surface area contributed by atoms with Gasteiger partial charge in [-0.25, -0.2) is 14.0 Å². The molecule has 0 spiro atoms. The van der Waals surface area contributed by atoms with Crippen LogP contribution >= 0.6 is 11.3 Å². The number of carbonyl (C=O) groups excluding carboxylic acids is 2. The molecule has 0 aliphatic carbocycles. The zero-order valence-corrected chi connectivity index (χ0v) is 14.2. The number of benzene rings is 1. The number of nitrogens with one attached hydrogen (secondary N) is 1. The Kier molecular flexibility index (Phi) is 3.27. The van der Waals surface area contributed by atoms with E-state index in [0.29, 0.717) is 33.7 Å². The predicted octanol–water partition coefficient (Wildman–Crippen LogP) is 2.86. The first-order valence-corrected chi connectivity index (χ1v) is 8.92. The maximum Gasteiger partial charge on any atom is 0.337 e. The SMILES string of the molecule is O=C1OCC2=C1C(c1ccc(F)c(-c3cccs3)c1)C1=C(COC1=O)N2. The van der Waals surface area contributed by atoms with Gasteiger partial charge in [-0.3, -0.25) is 0 Å². The van der Waals surface area contributed by atoms with E-state index in [-0.39, 0.29) is 19.0 Å². The van der Waals surface area contributed by atoms with Gasteiger partial charge in [0.05, 0.1) is 28.5 Å². The molecule has 130 valence electrons. The molecule has 4 heterocycles. The summed E-state index contributed by atoms with van der Waals surface area (Å²) in [6.45, 7) is 0.267. The minimum atomic E-state index is -0.620. The monoisotopic (exact) mass is 369 g/mol. The van der Waals surface area contributed by atoms with Crippen LogP contribution in [0.1, 0.15) is 11.5 Å². The van der Waals surface area contributed by atoms with Crippen molar-refractivity contribution in [3.05, 3.63) is 69.6 Å². The van der Waals surface area contributed by atoms with Gasteiger partial charge < -0.3 is 14.8 Å². The van der Waals surface area contributed by atoms with Crippen molar-refractivity contribution in [2.24, 2.45) is 0 Å². The van der Waals surface area contributed by atoms with E-state index in [1.807, 2.05) is 17.5 Å². The highest BCUT2D eigenvalue weighted by Crippen LogP contribution is 2.44. The van der Waals surface area contributed by atoms with E-state index in [1.165, 1.54) is 17.4 Å². The van der Waals surface area contributed by atoms with E-state index in [9.17, 15) is 14.0 Å². The molecule has 0 saturated heterocycles. The normalized spacial score (nSPS) is 19.3. The number of ether oxygens (including phenoxy) is 2. The minimum Gasteiger partial charge on any atom is -0.456 e. The summed E-state index contributed by atoms with van der Waals surface area (Å²) in [5, 5.41) is 4.96. The Labute approximate surface area is 151 Å². The molecular formula is C19H12FNO4S. The van der Waals surface area contributed by atoms with Crippen molar-refractivity contribution in [2.45, 2.75) is 5.92 Å². The zero-order chi connectivity index (χ0) is 17.8. The highest BCUT2D eigenvalue weighted by atomic mass is 32.1. The van der Waals surface area contributed by atoms with Gasteiger partial charge in [0.2, 0.25) is 0 Å². The van der Waals surface area contributed by atoms with Gasteiger partial charge in [0.25, 0.3) is 0 Å². The van der Waals surface area contributed by atoms with Crippen LogP contribution in [0.5, 0.6) is 0 Å². The van der Waals surface area contributed by atoms with Crippen LogP contribution in [0.25, 0.3) is 10.4 Å². The maximum absolute atomic E-state index is 14.4. The molecule has 0 atom stereocenters. The molecule has 3 aliphatic heterocycles. The van der Waals surface area contributed by atoms with E-state index >= 15 is 0 Å². The number of thiophene rings is 1. The standard InChI is InChI=1S/C19H12FNO4S/c20-11-4-3-9(6-10(11)14-2-1-5-26-14)15-16-12(7-24-18(16)22)21-13-8-25-19(23)17(13)15/h1-6,15,21H,7-8H2. The number of esters is 2. The van der Waals surface area contributed by atoms with Crippen LogP contribution in [0.4, 0.5) is 4.39 Å². The number of halogens is 1. The van der Waals surface area contributed by atoms with Crippen molar-refractivity contribution < 1.29 is 23.5 Å². The Hall–Kier alpha value is -2.93. The van der Waals surface area contributed by atoms with E-state index in [4.69, 9.17) is 9.47 Å². The largest absolute Gasteiger partial charge is 0.456 e. The van der Waals surface area contributed by atoms with Gasteiger partial charge in [0, 0.05) is 10.4 Å². The molecule has 0 saturated carbocycles. The first-order chi connectivity index (χ1) is 12.6. The molecule has 5 nitrogen and oxygen atoms in total. The molecule has 1 aromatic carbocycles. The molecule has 5 rings (SSSR count). The second-order valence-corrected chi connectivity index (χ2v) is 7.16. The molecule has 0 radical (unpaired) electrons. The van der Waals surface area contributed by atoms with Crippen LogP contribution in [0.3, 0.4) is 0 Å². The molecule has 0 amide bonds. The second-order valence-electron chi connectivity index (χ2n) is 6.21. The minimum absolute atomic E-state index is 0.134. The van der Waals surface area contributed by atoms with Crippen molar-refractivity contribution in [3.8, 4) is 10.4 Å². The van der Waals surface area contributed by atoms with Crippen molar-refractivity contribution in [2.75, 3.05) is 13.2 Å². The number of hydrogen-bond acceptors (Lipinski definition) is 6. The summed E-state index contributed by atoms with van der Waals surface area (Å²) in [5.74, 6) is -1.90. The van der Waals surface area contributed by atoms with Gasteiger partial charge in [0.15, 0.2) is 0 Å². The lowest BCUT2D eigenvalue weighted by atomic mass is 9.81. The molecule has 2 aromatic rings. The fourth-order valence-electron chi connectivity index (χ4n) is 3.63. The third-order valence-corrected chi connectivity index (χ3v) is 5.68. The van der Waals surface area contributed by atoms with Crippen LogP contribution in [0.15, 0.2) is 58.3 Å². The quantitative estimate of drug-likeness (QED) is 0.825. The fourth-order valence-corrected chi connectivity index (χ4v) is 4.37. The van der Waals surface area contributed by atoms with Crippen LogP contribution in [-0.2, 0) is 19.1 Å². The average molecular weight is 369 g/mol. The number of carbonyl (C=O) groups is 2. The first-order valence-electron chi connectivity index (χ1n) is 8.04. The summed E-state index contributed by atoms with van der Waals surface area (Å²) >= 11 is 1.43. The number of cyclic esters (lactones) is 2. The Balaban J connectivity index is 1.70. The van der Waals surface area contributed by atoms with Gasteiger partial charge in [-0.15, -0.1) is 11.3 Å². The van der Waals surface area contributed by atoms with E-state index in [2.05, 4.69) is 5.32 Å². The molecule has 0 bridgehead atoms. The Bertz CT molecular complexity index is 982. The highest BCUT2D eigenvalue weighted by molar-refractivity contribution is 7.13. The number of hydrogen-bond donors (Lipinski definition) is 1. The van der Waals surface area contributed by atoms with Gasteiger partial charge in [-0.1, -0.05) is 12.1 Å². The average Bonchev–Trinajstić information content (AvgIpc) is 3.36. The Morgan fingerprint density at radius 3 is 2.35 bits per heavy atom. The molecule has 26 heavy (non-hydrogen) atoms. The molecule has 3 aliphatic rings. The summed E-state index contributed by atoms with van der Waals surface area (Å²) in [7, 11) is 0. The third-order valence-electron chi connectivity index (χ3n) is 4.77. The Morgan fingerprint density at radius 1 is 1.04 bits per heavy atom. The van der Waals surface area contributed by atoms with Crippen molar-refractivity contribution >= 4 is 23.3 Å². The van der Waals surface area contributed by atoms with Gasteiger partial charge in [-0.05, 0) is 29.1 Å². The molecule has 7 heteroatoms. The van der Waals surface area contributed by atoms with Crippen LogP contribution in [0.2, 0.25) is 0 Å². The maximum atomic E-state index is 14.4. The van der Waals surface area contributed by atoms with Gasteiger partial charge in [-0.2, -0.15) is 0 Å². The second kappa shape index (κ2) is 5.54. The molecular weight excluding hydrogens is 357 g/mol. The molecule has 1 aromatic heterocycles. The lowest BCUT2D eigenvalue weighted by Gasteiger charge is -2.24. The summed E-state index contributed by atoms with van der Waals surface area (Å²) in [6, 6.07) is 8.35. The van der Waals surface area contributed by atoms with Crippen molar-refractivity contribution in [1.29, 1.82) is 0 Å². The topological polar surface area (TPSA) is 64.6 Å². The Morgan fingerprint density at radius 2 is 1.73 bits per heavy atom. The number of dihydropyridines is 1. The summed E-state index contributed by atoms with van der Waals surface area (Å²) in [6.07, 6.45) is 0. The van der Waals surface area contributed by atoms with Crippen molar-refractivity contribution in [1.82, 2.24) is 5.32 Å². The van der Waals surface area contributed by atoms with E-state index < -0.39 is 17.9 Å². The van der Waals surface area contributed by atoms with E-state index in [0.717, 1.165) is 4.88 Å². The predicted molar refractivity (Wildman–Crippen MR) is 91.6 cm³/mol. The molecule has 1 N–H and O–H groups in total. The third kappa shape index (κ3) is 2.13. The fraction of sp³-hybridized carbons (Fsp3) is 0.158. The van der Waals surface area contributed by atoms with E-state index in [1.54, 1.807) is 12.1 Å². The number of rotatable bonds is 2. The van der Waals surface area contributed by atoms with Gasteiger partial charge >= 0.3 is 11.9 Å².